The summed E-state index contributed by atoms with van der Waals surface area (Å²) in [5.41, 5.74) is 3.83. The monoisotopic (exact) mass is 222 g/mol. The molecule has 1 aromatic rings. The zero-order valence-electron chi connectivity index (χ0n) is 7.12. The van der Waals surface area contributed by atoms with Gasteiger partial charge in [0.15, 0.2) is 5.75 Å². The van der Waals surface area contributed by atoms with Gasteiger partial charge in [0.05, 0.1) is 10.6 Å². The van der Waals surface area contributed by atoms with Crippen molar-refractivity contribution < 1.29 is 22.8 Å². The van der Waals surface area contributed by atoms with Gasteiger partial charge in [-0.05, 0) is 0 Å². The molecule has 0 saturated carbocycles. The number of nitrogens with zero attached hydrogens (tertiary/aromatic N) is 1. The van der Waals surface area contributed by atoms with Crippen LogP contribution in [0, 0.1) is 15.9 Å². The first-order chi connectivity index (χ1) is 6.91. The minimum Gasteiger partial charge on any atom is -0.433 e. The minimum absolute atomic E-state index is 0.427. The second-order valence-corrected chi connectivity index (χ2v) is 2.48. The van der Waals surface area contributed by atoms with E-state index in [1.807, 2.05) is 0 Å². The number of hydrogen-bond acceptors (Lipinski definition) is 4. The van der Waals surface area contributed by atoms with E-state index in [1.54, 1.807) is 0 Å². The number of hydrogen-bond donors (Lipinski definition) is 1. The van der Waals surface area contributed by atoms with Crippen LogP contribution in [0.4, 0.5) is 24.5 Å². The van der Waals surface area contributed by atoms with Crippen molar-refractivity contribution in [2.45, 2.75) is 6.61 Å². The number of alkyl halides is 2. The molecule has 5 nitrogen and oxygen atoms in total. The van der Waals surface area contributed by atoms with Gasteiger partial charge in [-0.15, -0.1) is 0 Å². The predicted octanol–water partition coefficient (Wildman–Crippen LogP) is 1.92. The van der Waals surface area contributed by atoms with E-state index < -0.39 is 34.5 Å². The number of nitro benzene ring substituents is 1. The molecule has 0 heterocycles. The van der Waals surface area contributed by atoms with Gasteiger partial charge in [0.25, 0.3) is 0 Å². The highest BCUT2D eigenvalue weighted by Gasteiger charge is 2.19. The SMILES string of the molecule is Nc1cc([N+](=O)[O-])c(F)cc1OC(F)F. The molecule has 15 heavy (non-hydrogen) atoms. The number of halogens is 3. The summed E-state index contributed by atoms with van der Waals surface area (Å²) in [5, 5.41) is 10.2. The fourth-order valence-electron chi connectivity index (χ4n) is 0.898. The van der Waals surface area contributed by atoms with Crippen LogP contribution in [-0.4, -0.2) is 11.5 Å². The molecule has 0 aromatic heterocycles. The summed E-state index contributed by atoms with van der Waals surface area (Å²) in [7, 11) is 0. The van der Waals surface area contributed by atoms with Crippen molar-refractivity contribution in [3.63, 3.8) is 0 Å². The van der Waals surface area contributed by atoms with Crippen LogP contribution in [-0.2, 0) is 0 Å². The zero-order valence-corrected chi connectivity index (χ0v) is 7.12. The molecule has 0 amide bonds. The molecular weight excluding hydrogens is 217 g/mol. The molecule has 82 valence electrons. The molecule has 0 unspecified atom stereocenters. The number of nitro groups is 1. The standard InChI is InChI=1S/C7H5F3N2O3/c8-3-1-6(15-7(9)10)4(11)2-5(3)12(13)14/h1-2,7H,11H2. The second kappa shape index (κ2) is 4.03. The highest BCUT2D eigenvalue weighted by Crippen LogP contribution is 2.30. The molecule has 8 heteroatoms. The molecule has 0 aliphatic heterocycles. The van der Waals surface area contributed by atoms with Crippen molar-refractivity contribution in [3.05, 3.63) is 28.1 Å². The lowest BCUT2D eigenvalue weighted by molar-refractivity contribution is -0.387. The van der Waals surface area contributed by atoms with Crippen molar-refractivity contribution in [1.82, 2.24) is 0 Å². The second-order valence-electron chi connectivity index (χ2n) is 2.48. The number of nitrogen functional groups attached to an aromatic ring is 1. The van der Waals surface area contributed by atoms with E-state index in [-0.39, 0.29) is 0 Å². The molecule has 1 aromatic carbocycles. The maximum absolute atomic E-state index is 12.9. The van der Waals surface area contributed by atoms with E-state index in [1.165, 1.54) is 0 Å². The van der Waals surface area contributed by atoms with Crippen LogP contribution in [0.15, 0.2) is 12.1 Å². The largest absolute Gasteiger partial charge is 0.433 e. The van der Waals surface area contributed by atoms with Gasteiger partial charge >= 0.3 is 12.3 Å². The highest BCUT2D eigenvalue weighted by molar-refractivity contribution is 5.58. The summed E-state index contributed by atoms with van der Waals surface area (Å²) < 4.78 is 40.3. The van der Waals surface area contributed by atoms with Gasteiger partial charge in [-0.2, -0.15) is 13.2 Å². The lowest BCUT2D eigenvalue weighted by Gasteiger charge is -2.07. The fraction of sp³-hybridized carbons (Fsp3) is 0.143. The van der Waals surface area contributed by atoms with Crippen LogP contribution in [0.1, 0.15) is 0 Å². The third-order valence-corrected chi connectivity index (χ3v) is 1.49. The lowest BCUT2D eigenvalue weighted by Crippen LogP contribution is -2.05. The third-order valence-electron chi connectivity index (χ3n) is 1.49. The molecule has 0 saturated heterocycles. The number of anilines is 1. The van der Waals surface area contributed by atoms with Gasteiger partial charge in [-0.1, -0.05) is 0 Å². The smallest absolute Gasteiger partial charge is 0.387 e. The van der Waals surface area contributed by atoms with Gasteiger partial charge < -0.3 is 10.5 Å². The van der Waals surface area contributed by atoms with Gasteiger partial charge in [-0.25, -0.2) is 0 Å². The van der Waals surface area contributed by atoms with Crippen LogP contribution in [0.5, 0.6) is 5.75 Å². The third kappa shape index (κ3) is 2.48. The first-order valence-electron chi connectivity index (χ1n) is 3.60. The summed E-state index contributed by atoms with van der Waals surface area (Å²) >= 11 is 0. The lowest BCUT2D eigenvalue weighted by atomic mass is 10.2. The van der Waals surface area contributed by atoms with Crippen molar-refractivity contribution in [3.8, 4) is 5.75 Å². The highest BCUT2D eigenvalue weighted by atomic mass is 19.3. The number of ether oxygens (including phenoxy) is 1. The first kappa shape index (κ1) is 11.1. The predicted molar refractivity (Wildman–Crippen MR) is 44.1 cm³/mol. The van der Waals surface area contributed by atoms with E-state index in [4.69, 9.17) is 5.73 Å². The van der Waals surface area contributed by atoms with Crippen molar-refractivity contribution in [2.24, 2.45) is 0 Å². The summed E-state index contributed by atoms with van der Waals surface area (Å²) in [6.07, 6.45) is 0. The Morgan fingerprint density at radius 2 is 2.07 bits per heavy atom. The van der Waals surface area contributed by atoms with Gasteiger partial charge in [0.1, 0.15) is 0 Å². The van der Waals surface area contributed by atoms with Gasteiger partial charge in [-0.3, -0.25) is 10.1 Å². The van der Waals surface area contributed by atoms with Crippen molar-refractivity contribution in [2.75, 3.05) is 5.73 Å². The summed E-state index contributed by atoms with van der Waals surface area (Å²) in [5.74, 6) is -1.92. The number of rotatable bonds is 3. The number of benzene rings is 1. The average Bonchev–Trinajstić information content (AvgIpc) is 2.09. The van der Waals surface area contributed by atoms with E-state index in [9.17, 15) is 23.3 Å². The molecule has 0 fully saturated rings. The first-order valence-corrected chi connectivity index (χ1v) is 3.60. The van der Waals surface area contributed by atoms with E-state index in [0.717, 1.165) is 0 Å². The van der Waals surface area contributed by atoms with E-state index >= 15 is 0 Å². The van der Waals surface area contributed by atoms with Crippen LogP contribution >= 0.6 is 0 Å². The molecule has 0 radical (unpaired) electrons. The summed E-state index contributed by atoms with van der Waals surface area (Å²) in [6, 6.07) is 1.06. The molecule has 0 atom stereocenters. The molecule has 0 spiro atoms. The zero-order chi connectivity index (χ0) is 11.6. The van der Waals surface area contributed by atoms with E-state index in [2.05, 4.69) is 4.74 Å². The fourth-order valence-corrected chi connectivity index (χ4v) is 0.898. The van der Waals surface area contributed by atoms with Crippen LogP contribution in [0.25, 0.3) is 0 Å². The maximum atomic E-state index is 12.9. The van der Waals surface area contributed by atoms with Crippen LogP contribution in [0.3, 0.4) is 0 Å². The van der Waals surface area contributed by atoms with Gasteiger partial charge in [0, 0.05) is 12.1 Å². The maximum Gasteiger partial charge on any atom is 0.387 e. The summed E-state index contributed by atoms with van der Waals surface area (Å²) in [4.78, 5) is 9.21. The Morgan fingerprint density at radius 1 is 1.47 bits per heavy atom. The Kier molecular flexibility index (Phi) is 2.98. The van der Waals surface area contributed by atoms with Crippen LogP contribution < -0.4 is 10.5 Å². The normalized spacial score (nSPS) is 10.4. The molecular formula is C7H5F3N2O3. The Labute approximate surface area is 81.4 Å². The van der Waals surface area contributed by atoms with Crippen molar-refractivity contribution in [1.29, 1.82) is 0 Å². The molecule has 1 rings (SSSR count). The average molecular weight is 222 g/mol. The Balaban J connectivity index is 3.13. The molecule has 0 aliphatic carbocycles. The quantitative estimate of drug-likeness (QED) is 0.481. The van der Waals surface area contributed by atoms with Crippen LogP contribution in [0.2, 0.25) is 0 Å². The Bertz CT molecular complexity index is 397. The Morgan fingerprint density at radius 3 is 2.53 bits per heavy atom. The molecule has 0 bridgehead atoms. The number of nitrogens with two attached hydrogens (primary N) is 1. The van der Waals surface area contributed by atoms with Crippen molar-refractivity contribution >= 4 is 11.4 Å². The molecule has 2 N–H and O–H groups in total. The topological polar surface area (TPSA) is 78.4 Å². The van der Waals surface area contributed by atoms with Gasteiger partial charge in [0.2, 0.25) is 5.82 Å². The molecule has 0 aliphatic rings. The van der Waals surface area contributed by atoms with E-state index in [0.29, 0.717) is 12.1 Å². The minimum atomic E-state index is -3.17. The Hall–Kier alpha value is -1.99. The summed E-state index contributed by atoms with van der Waals surface area (Å²) in [6.45, 7) is -3.17.